The normalized spacial score (nSPS) is 12.5. The first-order valence-electron chi connectivity index (χ1n) is 5.38. The molecule has 1 unspecified atom stereocenters. The Morgan fingerprint density at radius 2 is 1.88 bits per heavy atom. The summed E-state index contributed by atoms with van der Waals surface area (Å²) in [5.41, 5.74) is -0.0851. The fraction of sp³-hybridized carbons (Fsp3) is 0.417. The van der Waals surface area contributed by atoms with Crippen LogP contribution in [0.3, 0.4) is 0 Å². The minimum absolute atomic E-state index is 0.0727. The number of nitrogens with zero attached hydrogens (tertiary/aromatic N) is 1. The molecule has 0 saturated heterocycles. The lowest BCUT2D eigenvalue weighted by Crippen LogP contribution is -2.39. The van der Waals surface area contributed by atoms with E-state index in [0.717, 1.165) is 0 Å². The van der Waals surface area contributed by atoms with Gasteiger partial charge >= 0.3 is 0 Å². The Morgan fingerprint density at radius 3 is 2.35 bits per heavy atom. The van der Waals surface area contributed by atoms with E-state index in [0.29, 0.717) is 6.54 Å². The molecule has 0 heterocycles. The molecule has 0 aromatic heterocycles. The van der Waals surface area contributed by atoms with Crippen molar-refractivity contribution < 1.29 is 15.0 Å². The van der Waals surface area contributed by atoms with Gasteiger partial charge in [0.25, 0.3) is 5.91 Å². The Hall–Kier alpha value is -1.75. The van der Waals surface area contributed by atoms with Crippen LogP contribution in [0.4, 0.5) is 0 Å². The van der Waals surface area contributed by atoms with Gasteiger partial charge in [0, 0.05) is 12.6 Å². The molecule has 1 rings (SSSR count). The highest BCUT2D eigenvalue weighted by Gasteiger charge is 2.17. The molecule has 0 aliphatic heterocycles. The van der Waals surface area contributed by atoms with Gasteiger partial charge in [-0.05, 0) is 33.2 Å². The van der Waals surface area contributed by atoms with Crippen LogP contribution in [-0.2, 0) is 0 Å². The second-order valence-electron chi connectivity index (χ2n) is 4.31. The van der Waals surface area contributed by atoms with E-state index in [-0.39, 0.29) is 23.1 Å². The maximum absolute atomic E-state index is 11.8. The van der Waals surface area contributed by atoms with E-state index in [2.05, 4.69) is 5.32 Å². The Balaban J connectivity index is 2.77. The molecule has 5 nitrogen and oxygen atoms in total. The molecular weight excluding hydrogens is 220 g/mol. The number of likely N-dealkylation sites (N-methyl/N-ethyl adjacent to an activating group) is 1. The number of benzene rings is 1. The van der Waals surface area contributed by atoms with Crippen molar-refractivity contribution in [1.82, 2.24) is 10.2 Å². The molecule has 0 bridgehead atoms. The van der Waals surface area contributed by atoms with Crippen LogP contribution in [-0.4, -0.2) is 47.7 Å². The van der Waals surface area contributed by atoms with Crippen molar-refractivity contribution in [3.05, 3.63) is 23.8 Å². The molecule has 0 radical (unpaired) electrons. The molecule has 0 aliphatic rings. The molecule has 1 aromatic carbocycles. The van der Waals surface area contributed by atoms with Crippen LogP contribution < -0.4 is 5.32 Å². The predicted octanol–water partition coefficient (Wildman–Crippen LogP) is 0.778. The van der Waals surface area contributed by atoms with Gasteiger partial charge in [-0.1, -0.05) is 6.07 Å². The quantitative estimate of drug-likeness (QED) is 0.724. The third-order valence-electron chi connectivity index (χ3n) is 2.26. The zero-order chi connectivity index (χ0) is 13.0. The summed E-state index contributed by atoms with van der Waals surface area (Å²) in [6.07, 6.45) is 0. The Bertz CT molecular complexity index is 384. The van der Waals surface area contributed by atoms with Crippen molar-refractivity contribution in [2.24, 2.45) is 0 Å². The van der Waals surface area contributed by atoms with E-state index < -0.39 is 5.91 Å². The van der Waals surface area contributed by atoms with Crippen molar-refractivity contribution in [2.45, 2.75) is 13.0 Å². The van der Waals surface area contributed by atoms with E-state index >= 15 is 0 Å². The summed E-state index contributed by atoms with van der Waals surface area (Å²) in [4.78, 5) is 13.8. The van der Waals surface area contributed by atoms with Crippen molar-refractivity contribution >= 4 is 5.91 Å². The lowest BCUT2D eigenvalue weighted by Gasteiger charge is -2.18. The van der Waals surface area contributed by atoms with Crippen molar-refractivity contribution in [1.29, 1.82) is 0 Å². The number of aromatic hydroxyl groups is 2. The molecule has 0 spiro atoms. The number of nitrogens with one attached hydrogen (secondary N) is 1. The number of amides is 1. The molecule has 0 fully saturated rings. The maximum Gasteiger partial charge on any atom is 0.259 e. The summed E-state index contributed by atoms with van der Waals surface area (Å²) < 4.78 is 0. The number of carbonyl (C=O) groups is 1. The second kappa shape index (κ2) is 5.54. The first-order chi connectivity index (χ1) is 7.91. The number of hydrogen-bond acceptors (Lipinski definition) is 4. The number of phenolic OH excluding ortho intramolecular Hbond substituents is 2. The van der Waals surface area contributed by atoms with E-state index in [1.54, 1.807) is 0 Å². The zero-order valence-electron chi connectivity index (χ0n) is 10.3. The highest BCUT2D eigenvalue weighted by Crippen LogP contribution is 2.25. The lowest BCUT2D eigenvalue weighted by atomic mass is 10.1. The van der Waals surface area contributed by atoms with Gasteiger partial charge in [-0.15, -0.1) is 0 Å². The summed E-state index contributed by atoms with van der Waals surface area (Å²) in [6, 6.07) is 4.14. The van der Waals surface area contributed by atoms with E-state index in [9.17, 15) is 15.0 Å². The average Bonchev–Trinajstić information content (AvgIpc) is 2.15. The van der Waals surface area contributed by atoms with Gasteiger partial charge in [-0.3, -0.25) is 4.79 Å². The van der Waals surface area contributed by atoms with Gasteiger partial charge in [0.2, 0.25) is 0 Å². The van der Waals surface area contributed by atoms with Gasteiger partial charge < -0.3 is 20.4 Å². The second-order valence-corrected chi connectivity index (χ2v) is 4.31. The smallest absolute Gasteiger partial charge is 0.259 e. The molecular formula is C12H18N2O3. The molecule has 1 aromatic rings. The van der Waals surface area contributed by atoms with Crippen LogP contribution in [0.25, 0.3) is 0 Å². The number of phenols is 2. The lowest BCUT2D eigenvalue weighted by molar-refractivity contribution is 0.0929. The molecule has 17 heavy (non-hydrogen) atoms. The summed E-state index contributed by atoms with van der Waals surface area (Å²) >= 11 is 0. The number of hydrogen-bond donors (Lipinski definition) is 3. The Labute approximate surface area is 101 Å². The average molecular weight is 238 g/mol. The highest BCUT2D eigenvalue weighted by molar-refractivity contribution is 5.99. The minimum atomic E-state index is -0.477. The Kier molecular flexibility index (Phi) is 4.34. The van der Waals surface area contributed by atoms with Gasteiger partial charge in [-0.25, -0.2) is 0 Å². The van der Waals surface area contributed by atoms with E-state index in [4.69, 9.17) is 0 Å². The first kappa shape index (κ1) is 13.3. The summed E-state index contributed by atoms with van der Waals surface area (Å²) in [5, 5.41) is 21.8. The highest BCUT2D eigenvalue weighted by atomic mass is 16.3. The van der Waals surface area contributed by atoms with Crippen LogP contribution in [0.5, 0.6) is 11.5 Å². The monoisotopic (exact) mass is 238 g/mol. The molecule has 94 valence electrons. The van der Waals surface area contributed by atoms with Crippen LogP contribution in [0.15, 0.2) is 18.2 Å². The first-order valence-corrected chi connectivity index (χ1v) is 5.38. The third-order valence-corrected chi connectivity index (χ3v) is 2.26. The van der Waals surface area contributed by atoms with Gasteiger partial charge in [-0.2, -0.15) is 0 Å². The fourth-order valence-corrected chi connectivity index (χ4v) is 1.65. The zero-order valence-corrected chi connectivity index (χ0v) is 10.3. The SMILES string of the molecule is CC(CN(C)C)NC(=O)c1c(O)cccc1O. The van der Waals surface area contributed by atoms with Gasteiger partial charge in [0.05, 0.1) is 0 Å². The van der Waals surface area contributed by atoms with Crippen LogP contribution in [0, 0.1) is 0 Å². The largest absolute Gasteiger partial charge is 0.507 e. The molecule has 1 amide bonds. The van der Waals surface area contributed by atoms with Gasteiger partial charge in [0.15, 0.2) is 0 Å². The molecule has 3 N–H and O–H groups in total. The molecule has 5 heteroatoms. The summed E-state index contributed by atoms with van der Waals surface area (Å²) in [5.74, 6) is -0.922. The van der Waals surface area contributed by atoms with Crippen LogP contribution >= 0.6 is 0 Å². The number of carbonyl (C=O) groups excluding carboxylic acids is 1. The van der Waals surface area contributed by atoms with E-state index in [1.807, 2.05) is 25.9 Å². The van der Waals surface area contributed by atoms with E-state index in [1.165, 1.54) is 18.2 Å². The van der Waals surface area contributed by atoms with Crippen molar-refractivity contribution in [2.75, 3.05) is 20.6 Å². The number of rotatable bonds is 4. The standard InChI is InChI=1S/C12H18N2O3/c1-8(7-14(2)3)13-12(17)11-9(15)5-4-6-10(11)16/h4-6,8,15-16H,7H2,1-3H3,(H,13,17). The topological polar surface area (TPSA) is 72.8 Å². The molecule has 0 saturated carbocycles. The minimum Gasteiger partial charge on any atom is -0.507 e. The van der Waals surface area contributed by atoms with Crippen LogP contribution in [0.2, 0.25) is 0 Å². The van der Waals surface area contributed by atoms with Crippen molar-refractivity contribution in [3.8, 4) is 11.5 Å². The van der Waals surface area contributed by atoms with Crippen LogP contribution in [0.1, 0.15) is 17.3 Å². The molecule has 0 aliphatic carbocycles. The summed E-state index contributed by atoms with van der Waals surface area (Å²) in [7, 11) is 3.81. The predicted molar refractivity (Wildman–Crippen MR) is 65.3 cm³/mol. The van der Waals surface area contributed by atoms with Gasteiger partial charge in [0.1, 0.15) is 17.1 Å². The summed E-state index contributed by atoms with van der Waals surface area (Å²) in [6.45, 7) is 2.54. The van der Waals surface area contributed by atoms with Crippen molar-refractivity contribution in [3.63, 3.8) is 0 Å². The fourth-order valence-electron chi connectivity index (χ4n) is 1.65. The third kappa shape index (κ3) is 3.64. The molecule has 1 atom stereocenters. The Morgan fingerprint density at radius 1 is 1.35 bits per heavy atom. The maximum atomic E-state index is 11.8.